The van der Waals surface area contributed by atoms with E-state index in [4.69, 9.17) is 21.1 Å². The van der Waals surface area contributed by atoms with Gasteiger partial charge in [-0.1, -0.05) is 54.1 Å². The lowest BCUT2D eigenvalue weighted by Crippen LogP contribution is -2.05. The molecule has 0 saturated heterocycles. The van der Waals surface area contributed by atoms with E-state index in [9.17, 15) is 4.79 Å². The molecule has 0 saturated carbocycles. The van der Waals surface area contributed by atoms with Crippen LogP contribution in [0.3, 0.4) is 0 Å². The fourth-order valence-corrected chi connectivity index (χ4v) is 3.13. The van der Waals surface area contributed by atoms with Crippen LogP contribution in [0.2, 0.25) is 5.02 Å². The number of fused-ring (bicyclic) bond motifs is 1. The molecule has 3 aromatic rings. The van der Waals surface area contributed by atoms with E-state index >= 15 is 0 Å². The Hall–Kier alpha value is -3.11. The third kappa shape index (κ3) is 2.95. The third-order valence-corrected chi connectivity index (χ3v) is 4.42. The minimum Gasteiger partial charge on any atom is -0.495 e. The molecule has 0 amide bonds. The molecular formula is C21H14ClNO3. The molecular weight excluding hydrogens is 350 g/mol. The Kier molecular flexibility index (Phi) is 4.19. The largest absolute Gasteiger partial charge is 0.495 e. The van der Waals surface area contributed by atoms with Crippen molar-refractivity contribution in [3.05, 3.63) is 82.5 Å². The van der Waals surface area contributed by atoms with Gasteiger partial charge in [0.25, 0.3) is 0 Å². The first-order valence-corrected chi connectivity index (χ1v) is 8.38. The van der Waals surface area contributed by atoms with Gasteiger partial charge in [0.2, 0.25) is 5.90 Å². The van der Waals surface area contributed by atoms with E-state index in [-0.39, 0.29) is 5.70 Å². The topological polar surface area (TPSA) is 47.9 Å². The van der Waals surface area contributed by atoms with Crippen LogP contribution in [0.1, 0.15) is 11.1 Å². The SMILES string of the molecule is COc1ccc(C=C2N=C(c3cccc4ccccc34)OC2=O)cc1Cl. The third-order valence-electron chi connectivity index (χ3n) is 4.12. The Morgan fingerprint density at radius 2 is 1.88 bits per heavy atom. The van der Waals surface area contributed by atoms with E-state index in [0.717, 1.165) is 21.9 Å². The molecule has 1 heterocycles. The summed E-state index contributed by atoms with van der Waals surface area (Å²) in [6.07, 6.45) is 1.64. The molecule has 0 bridgehead atoms. The van der Waals surface area contributed by atoms with Gasteiger partial charge >= 0.3 is 5.97 Å². The van der Waals surface area contributed by atoms with Crippen molar-refractivity contribution in [3.8, 4) is 5.75 Å². The first-order valence-electron chi connectivity index (χ1n) is 8.00. The molecule has 0 aromatic heterocycles. The second-order valence-electron chi connectivity index (χ2n) is 5.76. The second kappa shape index (κ2) is 6.65. The van der Waals surface area contributed by atoms with E-state index in [0.29, 0.717) is 16.7 Å². The highest BCUT2D eigenvalue weighted by molar-refractivity contribution is 6.32. The zero-order valence-electron chi connectivity index (χ0n) is 13.9. The highest BCUT2D eigenvalue weighted by Crippen LogP contribution is 2.28. The molecule has 0 radical (unpaired) electrons. The lowest BCUT2D eigenvalue weighted by Gasteiger charge is -2.04. The summed E-state index contributed by atoms with van der Waals surface area (Å²) in [7, 11) is 1.55. The van der Waals surface area contributed by atoms with E-state index in [2.05, 4.69) is 4.99 Å². The van der Waals surface area contributed by atoms with E-state index in [1.54, 1.807) is 31.4 Å². The molecule has 0 atom stereocenters. The molecule has 0 N–H and O–H groups in total. The lowest BCUT2D eigenvalue weighted by molar-refractivity contribution is -0.129. The molecule has 5 heteroatoms. The van der Waals surface area contributed by atoms with Gasteiger partial charge in [0.15, 0.2) is 5.70 Å². The van der Waals surface area contributed by atoms with Gasteiger partial charge in [-0.15, -0.1) is 0 Å². The summed E-state index contributed by atoms with van der Waals surface area (Å²) in [6, 6.07) is 19.0. The van der Waals surface area contributed by atoms with Crippen LogP contribution >= 0.6 is 11.6 Å². The molecule has 1 aliphatic rings. The van der Waals surface area contributed by atoms with E-state index < -0.39 is 5.97 Å². The van der Waals surface area contributed by atoms with E-state index in [1.807, 2.05) is 42.5 Å². The van der Waals surface area contributed by atoms with Crippen molar-refractivity contribution in [1.82, 2.24) is 0 Å². The number of benzene rings is 3. The number of esters is 1. The van der Waals surface area contributed by atoms with Gasteiger partial charge in [0.1, 0.15) is 5.75 Å². The average Bonchev–Trinajstić information content (AvgIpc) is 3.02. The Labute approximate surface area is 155 Å². The Bertz CT molecular complexity index is 1080. The summed E-state index contributed by atoms with van der Waals surface area (Å²) in [6.45, 7) is 0. The number of carbonyl (C=O) groups excluding carboxylic acids is 1. The summed E-state index contributed by atoms with van der Waals surface area (Å²) < 4.78 is 10.5. The van der Waals surface area contributed by atoms with Gasteiger partial charge in [0.05, 0.1) is 12.1 Å². The fraction of sp³-hybridized carbons (Fsp3) is 0.0476. The number of hydrogen-bond donors (Lipinski definition) is 0. The van der Waals surface area contributed by atoms with Crippen molar-refractivity contribution in [2.75, 3.05) is 7.11 Å². The van der Waals surface area contributed by atoms with Crippen molar-refractivity contribution in [1.29, 1.82) is 0 Å². The highest BCUT2D eigenvalue weighted by atomic mass is 35.5. The Balaban J connectivity index is 1.74. The summed E-state index contributed by atoms with van der Waals surface area (Å²) >= 11 is 6.14. The normalized spacial score (nSPS) is 15.2. The minimum atomic E-state index is -0.486. The van der Waals surface area contributed by atoms with Crippen molar-refractivity contribution >= 4 is 40.3 Å². The van der Waals surface area contributed by atoms with Crippen molar-refractivity contribution in [2.24, 2.45) is 4.99 Å². The molecule has 128 valence electrons. The molecule has 3 aromatic carbocycles. The maximum absolute atomic E-state index is 12.2. The number of hydrogen-bond acceptors (Lipinski definition) is 4. The number of halogens is 1. The lowest BCUT2D eigenvalue weighted by atomic mass is 10.0. The number of nitrogens with zero attached hydrogens (tertiary/aromatic N) is 1. The zero-order chi connectivity index (χ0) is 18.1. The van der Waals surface area contributed by atoms with Gasteiger partial charge in [-0.2, -0.15) is 0 Å². The standard InChI is InChI=1S/C21H14ClNO3/c1-25-19-10-9-13(11-17(19)22)12-18-21(24)26-20(23-18)16-8-4-6-14-5-2-3-7-15(14)16/h2-12H,1H3. The number of carbonyl (C=O) groups is 1. The molecule has 0 unspecified atom stereocenters. The molecule has 0 aliphatic carbocycles. The van der Waals surface area contributed by atoms with Crippen LogP contribution in [-0.2, 0) is 9.53 Å². The first kappa shape index (κ1) is 16.4. The smallest absolute Gasteiger partial charge is 0.363 e. The maximum Gasteiger partial charge on any atom is 0.363 e. The van der Waals surface area contributed by atoms with Crippen molar-refractivity contribution in [2.45, 2.75) is 0 Å². The Morgan fingerprint density at radius 1 is 1.08 bits per heavy atom. The van der Waals surface area contributed by atoms with Crippen molar-refractivity contribution < 1.29 is 14.3 Å². The van der Waals surface area contributed by atoms with Gasteiger partial charge in [-0.25, -0.2) is 9.79 Å². The number of cyclic esters (lactones) is 1. The van der Waals surface area contributed by atoms with Crippen molar-refractivity contribution in [3.63, 3.8) is 0 Å². The van der Waals surface area contributed by atoms with E-state index in [1.165, 1.54) is 0 Å². The van der Waals surface area contributed by atoms with Gasteiger partial charge in [-0.05, 0) is 40.6 Å². The summed E-state index contributed by atoms with van der Waals surface area (Å²) in [5.74, 6) is 0.389. The number of methoxy groups -OCH3 is 1. The highest BCUT2D eigenvalue weighted by Gasteiger charge is 2.25. The van der Waals surface area contributed by atoms with Gasteiger partial charge in [-0.3, -0.25) is 0 Å². The summed E-state index contributed by atoms with van der Waals surface area (Å²) in [5, 5.41) is 2.50. The summed E-state index contributed by atoms with van der Waals surface area (Å²) in [5.41, 5.74) is 1.76. The Morgan fingerprint density at radius 3 is 2.69 bits per heavy atom. The van der Waals surface area contributed by atoms with Gasteiger partial charge < -0.3 is 9.47 Å². The fourth-order valence-electron chi connectivity index (χ4n) is 2.87. The van der Waals surface area contributed by atoms with Crippen LogP contribution in [0, 0.1) is 0 Å². The van der Waals surface area contributed by atoms with Crippen LogP contribution < -0.4 is 4.74 Å². The molecule has 1 aliphatic heterocycles. The first-order chi connectivity index (χ1) is 12.7. The monoisotopic (exact) mass is 363 g/mol. The molecule has 0 spiro atoms. The summed E-state index contributed by atoms with van der Waals surface area (Å²) in [4.78, 5) is 16.6. The quantitative estimate of drug-likeness (QED) is 0.494. The van der Waals surface area contributed by atoms with Crippen LogP contribution in [-0.4, -0.2) is 19.0 Å². The van der Waals surface area contributed by atoms with Crippen LogP contribution in [0.15, 0.2) is 71.4 Å². The number of ether oxygens (including phenoxy) is 2. The predicted molar refractivity (Wildman–Crippen MR) is 103 cm³/mol. The number of aliphatic imine (C=N–C) groups is 1. The molecule has 26 heavy (non-hydrogen) atoms. The minimum absolute atomic E-state index is 0.231. The van der Waals surface area contributed by atoms with Crippen LogP contribution in [0.25, 0.3) is 16.8 Å². The van der Waals surface area contributed by atoms with Gasteiger partial charge in [0, 0.05) is 5.56 Å². The van der Waals surface area contributed by atoms with Crippen LogP contribution in [0.5, 0.6) is 5.75 Å². The maximum atomic E-state index is 12.2. The van der Waals surface area contributed by atoms with Crippen LogP contribution in [0.4, 0.5) is 0 Å². The molecule has 4 rings (SSSR count). The number of rotatable bonds is 3. The zero-order valence-corrected chi connectivity index (χ0v) is 14.7. The molecule has 0 fully saturated rings. The average molecular weight is 364 g/mol. The second-order valence-corrected chi connectivity index (χ2v) is 6.16. The predicted octanol–water partition coefficient (Wildman–Crippen LogP) is 4.85. The molecule has 4 nitrogen and oxygen atoms in total.